The van der Waals surface area contributed by atoms with Crippen LogP contribution in [0.2, 0.25) is 0 Å². The summed E-state index contributed by atoms with van der Waals surface area (Å²) < 4.78 is 34.6. The molecule has 0 saturated heterocycles. The number of aliphatic hydroxyl groups excluding tert-OH is 1. The van der Waals surface area contributed by atoms with Gasteiger partial charge in [-0.25, -0.2) is 0 Å². The van der Waals surface area contributed by atoms with Crippen molar-refractivity contribution in [3.8, 4) is 11.8 Å². The standard InChI is InChI=1S/C8H9F3O2/c1-7(2,5-12)6(13)3-4-8(9,10)11/h12H,5H2,1-2H3. The van der Waals surface area contributed by atoms with Gasteiger partial charge in [-0.2, -0.15) is 13.2 Å². The van der Waals surface area contributed by atoms with E-state index in [0.717, 1.165) is 5.92 Å². The second-order valence-corrected chi connectivity index (χ2v) is 3.12. The average molecular weight is 194 g/mol. The van der Waals surface area contributed by atoms with E-state index in [1.54, 1.807) is 0 Å². The number of Topliss-reactive ketones (excluding diaryl/α,β-unsaturated/α-hetero) is 1. The summed E-state index contributed by atoms with van der Waals surface area (Å²) in [6.07, 6.45) is -4.67. The van der Waals surface area contributed by atoms with Crippen LogP contribution in [-0.2, 0) is 4.79 Å². The Kier molecular flexibility index (Phi) is 3.50. The van der Waals surface area contributed by atoms with Crippen LogP contribution in [0.25, 0.3) is 0 Å². The predicted molar refractivity (Wildman–Crippen MR) is 39.7 cm³/mol. The molecule has 0 fully saturated rings. The van der Waals surface area contributed by atoms with E-state index in [2.05, 4.69) is 0 Å². The van der Waals surface area contributed by atoms with Gasteiger partial charge in [-0.05, 0) is 19.8 Å². The van der Waals surface area contributed by atoms with Gasteiger partial charge in [-0.3, -0.25) is 4.79 Å². The number of ketones is 1. The minimum Gasteiger partial charge on any atom is -0.395 e. The van der Waals surface area contributed by atoms with Crippen molar-refractivity contribution in [2.45, 2.75) is 20.0 Å². The van der Waals surface area contributed by atoms with Crippen molar-refractivity contribution in [1.82, 2.24) is 0 Å². The molecule has 0 aliphatic carbocycles. The van der Waals surface area contributed by atoms with E-state index in [1.807, 2.05) is 0 Å². The Morgan fingerprint density at radius 3 is 2.15 bits per heavy atom. The normalized spacial score (nSPS) is 11.8. The van der Waals surface area contributed by atoms with Gasteiger partial charge < -0.3 is 5.11 Å². The fraction of sp³-hybridized carbons (Fsp3) is 0.625. The van der Waals surface area contributed by atoms with Crippen molar-refractivity contribution in [3.05, 3.63) is 0 Å². The van der Waals surface area contributed by atoms with Crippen LogP contribution < -0.4 is 0 Å². The number of aliphatic hydroxyl groups is 1. The fourth-order valence-corrected chi connectivity index (χ4v) is 0.369. The maximum absolute atomic E-state index is 11.5. The quantitative estimate of drug-likeness (QED) is 0.528. The Bertz CT molecular complexity index is 255. The number of alkyl halides is 3. The lowest BCUT2D eigenvalue weighted by atomic mass is 9.89. The van der Waals surface area contributed by atoms with Crippen LogP contribution in [0.3, 0.4) is 0 Å². The summed E-state index contributed by atoms with van der Waals surface area (Å²) >= 11 is 0. The SMILES string of the molecule is CC(C)(CO)C(=O)C#CC(F)(F)F. The highest BCUT2D eigenvalue weighted by Gasteiger charge is 2.28. The van der Waals surface area contributed by atoms with Crippen LogP contribution in [0, 0.1) is 17.3 Å². The maximum atomic E-state index is 11.5. The molecule has 0 aliphatic heterocycles. The zero-order valence-corrected chi connectivity index (χ0v) is 7.20. The van der Waals surface area contributed by atoms with E-state index in [4.69, 9.17) is 5.11 Å². The average Bonchev–Trinajstić information content (AvgIpc) is 1.98. The second-order valence-electron chi connectivity index (χ2n) is 3.12. The number of carbonyl (C=O) groups excluding carboxylic acids is 1. The molecule has 0 aliphatic rings. The highest BCUT2D eigenvalue weighted by molar-refractivity contribution is 5.99. The molecular formula is C8H9F3O2. The first-order chi connectivity index (χ1) is 5.69. The van der Waals surface area contributed by atoms with Gasteiger partial charge in [0.25, 0.3) is 0 Å². The Balaban J connectivity index is 4.55. The summed E-state index contributed by atoms with van der Waals surface area (Å²) in [7, 11) is 0. The van der Waals surface area contributed by atoms with Crippen molar-refractivity contribution < 1.29 is 23.1 Å². The molecule has 0 spiro atoms. The molecular weight excluding hydrogens is 185 g/mol. The summed E-state index contributed by atoms with van der Waals surface area (Å²) in [5, 5.41) is 8.62. The zero-order chi connectivity index (χ0) is 10.7. The Morgan fingerprint density at radius 1 is 1.38 bits per heavy atom. The minimum atomic E-state index is -4.67. The molecule has 0 radical (unpaired) electrons. The summed E-state index contributed by atoms with van der Waals surface area (Å²) in [6, 6.07) is 0. The predicted octanol–water partition coefficient (Wildman–Crippen LogP) is 1.14. The van der Waals surface area contributed by atoms with Crippen molar-refractivity contribution in [3.63, 3.8) is 0 Å². The molecule has 0 bridgehead atoms. The van der Waals surface area contributed by atoms with Gasteiger partial charge in [0, 0.05) is 5.92 Å². The van der Waals surface area contributed by atoms with Crippen molar-refractivity contribution in [2.24, 2.45) is 5.41 Å². The summed E-state index contributed by atoms with van der Waals surface area (Å²) in [4.78, 5) is 10.9. The topological polar surface area (TPSA) is 37.3 Å². The first-order valence-electron chi connectivity index (χ1n) is 3.44. The van der Waals surface area contributed by atoms with Gasteiger partial charge in [0.15, 0.2) is 0 Å². The first-order valence-corrected chi connectivity index (χ1v) is 3.44. The lowest BCUT2D eigenvalue weighted by Gasteiger charge is -2.15. The third kappa shape index (κ3) is 4.53. The number of hydrogen-bond acceptors (Lipinski definition) is 2. The van der Waals surface area contributed by atoms with E-state index in [0.29, 0.717) is 0 Å². The lowest BCUT2D eigenvalue weighted by Crippen LogP contribution is -2.27. The van der Waals surface area contributed by atoms with E-state index in [9.17, 15) is 18.0 Å². The van der Waals surface area contributed by atoms with Gasteiger partial charge in [0.05, 0.1) is 12.0 Å². The first kappa shape index (κ1) is 12.0. The molecule has 1 N–H and O–H groups in total. The Labute approximate surface area is 73.7 Å². The van der Waals surface area contributed by atoms with Crippen LogP contribution in [-0.4, -0.2) is 23.7 Å². The number of carbonyl (C=O) groups is 1. The summed E-state index contributed by atoms with van der Waals surface area (Å²) in [5.74, 6) is 1.37. The molecule has 0 unspecified atom stereocenters. The molecule has 5 heteroatoms. The molecule has 13 heavy (non-hydrogen) atoms. The van der Waals surface area contributed by atoms with Crippen LogP contribution >= 0.6 is 0 Å². The van der Waals surface area contributed by atoms with E-state index in [-0.39, 0.29) is 0 Å². The number of hydrogen-bond donors (Lipinski definition) is 1. The molecule has 0 heterocycles. The molecule has 74 valence electrons. The Hall–Kier alpha value is -1.02. The van der Waals surface area contributed by atoms with Crippen LogP contribution in [0.5, 0.6) is 0 Å². The van der Waals surface area contributed by atoms with E-state index < -0.39 is 24.0 Å². The monoisotopic (exact) mass is 194 g/mol. The lowest BCUT2D eigenvalue weighted by molar-refractivity contribution is -0.123. The second kappa shape index (κ2) is 3.79. The van der Waals surface area contributed by atoms with Crippen molar-refractivity contribution in [1.29, 1.82) is 0 Å². The summed E-state index contributed by atoms with van der Waals surface area (Å²) in [6.45, 7) is 2.11. The van der Waals surface area contributed by atoms with E-state index in [1.165, 1.54) is 19.8 Å². The highest BCUT2D eigenvalue weighted by Crippen LogP contribution is 2.16. The maximum Gasteiger partial charge on any atom is 0.458 e. The van der Waals surface area contributed by atoms with Gasteiger partial charge >= 0.3 is 6.18 Å². The number of rotatable bonds is 2. The smallest absolute Gasteiger partial charge is 0.395 e. The van der Waals surface area contributed by atoms with Crippen LogP contribution in [0.15, 0.2) is 0 Å². The third-order valence-electron chi connectivity index (χ3n) is 1.33. The number of halogens is 3. The minimum absolute atomic E-state index is 0.529. The molecule has 0 aromatic carbocycles. The highest BCUT2D eigenvalue weighted by atomic mass is 19.4. The molecule has 0 aromatic heterocycles. The molecule has 0 rings (SSSR count). The largest absolute Gasteiger partial charge is 0.458 e. The Morgan fingerprint density at radius 2 is 1.85 bits per heavy atom. The van der Waals surface area contributed by atoms with Gasteiger partial charge in [-0.15, -0.1) is 0 Å². The van der Waals surface area contributed by atoms with Crippen LogP contribution in [0.4, 0.5) is 13.2 Å². The zero-order valence-electron chi connectivity index (χ0n) is 7.20. The van der Waals surface area contributed by atoms with Crippen molar-refractivity contribution >= 4 is 5.78 Å². The fourth-order valence-electron chi connectivity index (χ4n) is 0.369. The van der Waals surface area contributed by atoms with Gasteiger partial charge in [-0.1, -0.05) is 0 Å². The van der Waals surface area contributed by atoms with E-state index >= 15 is 0 Å². The molecule has 2 nitrogen and oxygen atoms in total. The van der Waals surface area contributed by atoms with Gasteiger partial charge in [0.1, 0.15) is 0 Å². The van der Waals surface area contributed by atoms with Crippen LogP contribution in [0.1, 0.15) is 13.8 Å². The molecule has 0 amide bonds. The molecule has 0 saturated carbocycles. The van der Waals surface area contributed by atoms with Crippen molar-refractivity contribution in [2.75, 3.05) is 6.61 Å². The molecule has 0 aromatic rings. The van der Waals surface area contributed by atoms with Gasteiger partial charge in [0.2, 0.25) is 5.78 Å². The third-order valence-corrected chi connectivity index (χ3v) is 1.33. The summed E-state index contributed by atoms with van der Waals surface area (Å²) in [5.41, 5.74) is -1.24. The molecule has 0 atom stereocenters.